The number of urea groups is 1. The van der Waals surface area contributed by atoms with Crippen LogP contribution in [-0.4, -0.2) is 45.8 Å². The van der Waals surface area contributed by atoms with Crippen molar-refractivity contribution < 1.29 is 27.5 Å². The van der Waals surface area contributed by atoms with E-state index in [2.05, 4.69) is 10.3 Å². The number of benzene rings is 1. The molecule has 0 unspecified atom stereocenters. The molecule has 3 rings (SSSR count). The molecule has 1 fully saturated rings. The van der Waals surface area contributed by atoms with E-state index in [9.17, 15) is 22.8 Å². The summed E-state index contributed by atoms with van der Waals surface area (Å²) in [5, 5.41) is 2.80. The molecular weight excluding hydrogens is 457 g/mol. The number of hydrogen-bond donors (Lipinski definition) is 1. The van der Waals surface area contributed by atoms with E-state index >= 15 is 0 Å². The number of aromatic nitrogens is 1. The van der Waals surface area contributed by atoms with E-state index in [0.29, 0.717) is 23.5 Å². The molecule has 0 bridgehead atoms. The number of aryl methyl sites for hydroxylation is 1. The number of rotatable bonds is 2. The molecule has 0 aliphatic carbocycles. The monoisotopic (exact) mass is 484 g/mol. The zero-order chi connectivity index (χ0) is 24.6. The Hall–Kier alpha value is -2.82. The van der Waals surface area contributed by atoms with E-state index < -0.39 is 29.5 Å². The number of carbonyl (C=O) groups excluding carboxylic acids is 2. The molecule has 7 nitrogen and oxygen atoms in total. The summed E-state index contributed by atoms with van der Waals surface area (Å²) in [6.45, 7) is 9.38. The normalized spacial score (nSPS) is 19.6. The number of thiazole rings is 1. The van der Waals surface area contributed by atoms with Crippen molar-refractivity contribution in [1.29, 1.82) is 0 Å². The van der Waals surface area contributed by atoms with Gasteiger partial charge in [0.2, 0.25) is 0 Å². The summed E-state index contributed by atoms with van der Waals surface area (Å²) in [6, 6.07) is 3.64. The van der Waals surface area contributed by atoms with Crippen molar-refractivity contribution in [2.24, 2.45) is 4.99 Å². The fourth-order valence-corrected chi connectivity index (χ4v) is 4.36. The number of halogens is 3. The fourth-order valence-electron chi connectivity index (χ4n) is 3.54. The molecule has 1 saturated heterocycles. The highest BCUT2D eigenvalue weighted by molar-refractivity contribution is 7.09. The molecule has 3 amide bonds. The van der Waals surface area contributed by atoms with Crippen molar-refractivity contribution >= 4 is 23.5 Å². The van der Waals surface area contributed by atoms with E-state index in [-0.39, 0.29) is 12.1 Å². The van der Waals surface area contributed by atoms with E-state index in [0.717, 1.165) is 17.0 Å². The number of likely N-dealkylation sites (tertiary alicyclic amines) is 1. The Morgan fingerprint density at radius 1 is 1.18 bits per heavy atom. The third-order valence-electron chi connectivity index (χ3n) is 5.14. The minimum absolute atomic E-state index is 0.272. The summed E-state index contributed by atoms with van der Waals surface area (Å²) in [4.78, 5) is 32.0. The topological polar surface area (TPSA) is 75.9 Å². The van der Waals surface area contributed by atoms with Crippen molar-refractivity contribution in [2.75, 3.05) is 6.54 Å². The number of amides is 3. The Morgan fingerprint density at radius 2 is 1.82 bits per heavy atom. The predicted molar refractivity (Wildman–Crippen MR) is 118 cm³/mol. The summed E-state index contributed by atoms with van der Waals surface area (Å²) >= 11 is 1.26. The molecule has 0 saturated carbocycles. The number of ether oxygens (including phenoxy) is 1. The Labute approximate surface area is 193 Å². The van der Waals surface area contributed by atoms with Gasteiger partial charge in [0.25, 0.3) is 0 Å². The lowest BCUT2D eigenvalue weighted by molar-refractivity contribution is -0.137. The van der Waals surface area contributed by atoms with Crippen molar-refractivity contribution in [1.82, 2.24) is 14.8 Å². The standard InChI is InChI=1S/C22H27F3N4O3S/c1-13-12-29(16-8-6-15(7-9-16)22(23,24)25)19(33-13)27-18(30)28-11-10-17(14(28)2)26-20(31)32-21(3,4)5/h6-9,12,14,17H,10-11H2,1-5H3,(H,26,31)/t14-,17+/m1/s1. The summed E-state index contributed by atoms with van der Waals surface area (Å²) in [5.41, 5.74) is -0.902. The van der Waals surface area contributed by atoms with Crippen LogP contribution < -0.4 is 10.1 Å². The third kappa shape index (κ3) is 6.16. The van der Waals surface area contributed by atoms with Crippen molar-refractivity contribution in [2.45, 2.75) is 64.9 Å². The molecule has 1 aromatic heterocycles. The Kier molecular flexibility index (Phi) is 6.92. The fraction of sp³-hybridized carbons (Fsp3) is 0.500. The van der Waals surface area contributed by atoms with Gasteiger partial charge in [0.1, 0.15) is 5.60 Å². The van der Waals surface area contributed by atoms with Crippen LogP contribution >= 0.6 is 11.3 Å². The highest BCUT2D eigenvalue weighted by Crippen LogP contribution is 2.29. The van der Waals surface area contributed by atoms with Gasteiger partial charge in [-0.3, -0.25) is 4.57 Å². The molecule has 2 heterocycles. The Balaban J connectivity index is 1.78. The summed E-state index contributed by atoms with van der Waals surface area (Å²) < 4.78 is 45.5. The number of alkyl carbamates (subject to hydrolysis) is 1. The van der Waals surface area contributed by atoms with Gasteiger partial charge in [-0.25, -0.2) is 9.59 Å². The molecule has 2 atom stereocenters. The Morgan fingerprint density at radius 3 is 2.39 bits per heavy atom. The zero-order valence-electron chi connectivity index (χ0n) is 19.1. The first-order chi connectivity index (χ1) is 15.2. The second kappa shape index (κ2) is 9.20. The van der Waals surface area contributed by atoms with Gasteiger partial charge in [-0.15, -0.1) is 11.3 Å². The average Bonchev–Trinajstić information content (AvgIpc) is 3.22. The Bertz CT molecular complexity index is 1080. The second-order valence-electron chi connectivity index (χ2n) is 8.91. The van der Waals surface area contributed by atoms with Crippen LogP contribution in [0.3, 0.4) is 0 Å². The van der Waals surface area contributed by atoms with Gasteiger partial charge in [0, 0.05) is 23.3 Å². The molecule has 2 aromatic rings. The summed E-state index contributed by atoms with van der Waals surface area (Å²) in [5.74, 6) is 0. The first-order valence-electron chi connectivity index (χ1n) is 10.5. The minimum Gasteiger partial charge on any atom is -0.444 e. The van der Waals surface area contributed by atoms with Crippen molar-refractivity contribution in [3.05, 3.63) is 45.7 Å². The predicted octanol–water partition coefficient (Wildman–Crippen LogP) is 4.87. The maximum Gasteiger partial charge on any atom is 0.416 e. The molecule has 0 radical (unpaired) electrons. The van der Waals surface area contributed by atoms with Crippen LogP contribution in [0.25, 0.3) is 5.69 Å². The van der Waals surface area contributed by atoms with Crippen LogP contribution in [0.2, 0.25) is 0 Å². The zero-order valence-corrected chi connectivity index (χ0v) is 19.9. The SMILES string of the molecule is Cc1cn(-c2ccc(C(F)(F)F)cc2)c(=NC(=O)N2CC[C@H](NC(=O)OC(C)(C)C)[C@H]2C)s1. The molecule has 1 N–H and O–H groups in total. The van der Waals surface area contributed by atoms with Gasteiger partial charge in [0.05, 0.1) is 17.6 Å². The van der Waals surface area contributed by atoms with Crippen LogP contribution in [0.5, 0.6) is 0 Å². The second-order valence-corrected chi connectivity index (χ2v) is 10.1. The van der Waals surface area contributed by atoms with Gasteiger partial charge in [0.15, 0.2) is 4.80 Å². The number of hydrogen-bond acceptors (Lipinski definition) is 4. The lowest BCUT2D eigenvalue weighted by Crippen LogP contribution is -2.46. The van der Waals surface area contributed by atoms with Crippen LogP contribution in [0.1, 0.15) is 44.6 Å². The summed E-state index contributed by atoms with van der Waals surface area (Å²) in [7, 11) is 0. The van der Waals surface area contributed by atoms with E-state index in [1.165, 1.54) is 23.5 Å². The quantitative estimate of drug-likeness (QED) is 0.661. The van der Waals surface area contributed by atoms with Gasteiger partial charge in [-0.1, -0.05) is 0 Å². The molecule has 1 aromatic carbocycles. The van der Waals surface area contributed by atoms with Gasteiger partial charge in [-0.2, -0.15) is 18.2 Å². The van der Waals surface area contributed by atoms with Crippen LogP contribution in [0.4, 0.5) is 22.8 Å². The highest BCUT2D eigenvalue weighted by atomic mass is 32.1. The highest BCUT2D eigenvalue weighted by Gasteiger charge is 2.35. The van der Waals surface area contributed by atoms with Crippen LogP contribution in [-0.2, 0) is 10.9 Å². The number of alkyl halides is 3. The van der Waals surface area contributed by atoms with Crippen LogP contribution in [0, 0.1) is 6.92 Å². The largest absolute Gasteiger partial charge is 0.444 e. The van der Waals surface area contributed by atoms with E-state index in [1.807, 2.05) is 13.8 Å². The lowest BCUT2D eigenvalue weighted by Gasteiger charge is -2.25. The third-order valence-corrected chi connectivity index (χ3v) is 6.03. The van der Waals surface area contributed by atoms with E-state index in [4.69, 9.17) is 4.74 Å². The van der Waals surface area contributed by atoms with Gasteiger partial charge >= 0.3 is 18.3 Å². The van der Waals surface area contributed by atoms with Gasteiger partial charge < -0.3 is 15.0 Å². The molecule has 33 heavy (non-hydrogen) atoms. The summed E-state index contributed by atoms with van der Waals surface area (Å²) in [6.07, 6.45) is -2.68. The lowest BCUT2D eigenvalue weighted by atomic mass is 10.1. The molecule has 11 heteroatoms. The first-order valence-corrected chi connectivity index (χ1v) is 11.3. The molecular formula is C22H27F3N4O3S. The number of carbonyl (C=O) groups is 2. The molecule has 180 valence electrons. The van der Waals surface area contributed by atoms with Crippen molar-refractivity contribution in [3.63, 3.8) is 0 Å². The van der Waals surface area contributed by atoms with E-state index in [1.54, 1.807) is 36.4 Å². The average molecular weight is 485 g/mol. The smallest absolute Gasteiger partial charge is 0.416 e. The molecule has 1 aliphatic heterocycles. The first kappa shape index (κ1) is 24.8. The van der Waals surface area contributed by atoms with Crippen molar-refractivity contribution in [3.8, 4) is 5.69 Å². The maximum absolute atomic E-state index is 12.9. The maximum atomic E-state index is 12.9. The van der Waals surface area contributed by atoms with Gasteiger partial charge in [-0.05, 0) is 65.3 Å². The molecule has 0 spiro atoms. The molecule has 1 aliphatic rings. The minimum atomic E-state index is -4.42. The number of nitrogens with zero attached hydrogens (tertiary/aromatic N) is 3. The van der Waals surface area contributed by atoms with Crippen LogP contribution in [0.15, 0.2) is 35.5 Å². The number of nitrogens with one attached hydrogen (secondary N) is 1.